The number of hydrogen-bond donors (Lipinski definition) is 0. The van der Waals surface area contributed by atoms with Crippen LogP contribution in [0.1, 0.15) is 18.4 Å². The van der Waals surface area contributed by atoms with Crippen molar-refractivity contribution in [2.45, 2.75) is 12.8 Å². The standard InChI is InChI=1S/C19H21ClN2O4/c20-15-11-13(12-16-18(15)26-10-9-25-16)1-4-17(23)21-5-7-22(8-6-21)19(24)14-2-3-14/h1,4,11-12,14H,2-3,5-10H2/b4-1+. The van der Waals surface area contributed by atoms with E-state index in [9.17, 15) is 9.59 Å². The van der Waals surface area contributed by atoms with Crippen LogP contribution >= 0.6 is 11.6 Å². The first kappa shape index (κ1) is 17.2. The molecule has 2 amide bonds. The molecular weight excluding hydrogens is 356 g/mol. The number of amides is 2. The second-order valence-corrected chi connectivity index (χ2v) is 7.19. The molecule has 6 nitrogen and oxygen atoms in total. The Hall–Kier alpha value is -2.21. The molecule has 2 aliphatic heterocycles. The second-order valence-electron chi connectivity index (χ2n) is 6.79. The van der Waals surface area contributed by atoms with Gasteiger partial charge in [0.25, 0.3) is 0 Å². The minimum Gasteiger partial charge on any atom is -0.486 e. The third-order valence-electron chi connectivity index (χ3n) is 4.87. The van der Waals surface area contributed by atoms with Gasteiger partial charge < -0.3 is 19.3 Å². The van der Waals surface area contributed by atoms with E-state index >= 15 is 0 Å². The number of fused-ring (bicyclic) bond motifs is 1. The monoisotopic (exact) mass is 376 g/mol. The molecule has 26 heavy (non-hydrogen) atoms. The molecule has 1 aromatic carbocycles. The van der Waals surface area contributed by atoms with Gasteiger partial charge in [0.2, 0.25) is 11.8 Å². The molecule has 0 aromatic heterocycles. The van der Waals surface area contributed by atoms with Crippen molar-refractivity contribution in [1.82, 2.24) is 9.80 Å². The number of halogens is 1. The third-order valence-corrected chi connectivity index (χ3v) is 5.15. The van der Waals surface area contributed by atoms with Crippen molar-refractivity contribution in [2.24, 2.45) is 5.92 Å². The number of piperazine rings is 1. The summed E-state index contributed by atoms with van der Waals surface area (Å²) in [5.41, 5.74) is 0.787. The van der Waals surface area contributed by atoms with Crippen LogP contribution in [0.25, 0.3) is 6.08 Å². The Bertz CT molecular complexity index is 752. The summed E-state index contributed by atoms with van der Waals surface area (Å²) in [5, 5.41) is 0.474. The summed E-state index contributed by atoms with van der Waals surface area (Å²) in [6.07, 6.45) is 5.30. The highest BCUT2D eigenvalue weighted by Gasteiger charge is 2.34. The lowest BCUT2D eigenvalue weighted by Gasteiger charge is -2.34. The van der Waals surface area contributed by atoms with Gasteiger partial charge in [0.1, 0.15) is 13.2 Å². The Morgan fingerprint density at radius 2 is 1.73 bits per heavy atom. The quantitative estimate of drug-likeness (QED) is 0.759. The van der Waals surface area contributed by atoms with Crippen molar-refractivity contribution in [3.8, 4) is 11.5 Å². The Morgan fingerprint density at radius 1 is 1.04 bits per heavy atom. The van der Waals surface area contributed by atoms with E-state index in [1.165, 1.54) is 0 Å². The summed E-state index contributed by atoms with van der Waals surface area (Å²) in [5.74, 6) is 1.58. The molecule has 1 saturated heterocycles. The summed E-state index contributed by atoms with van der Waals surface area (Å²) in [7, 11) is 0. The SMILES string of the molecule is O=C(/C=C/c1cc(Cl)c2c(c1)OCCO2)N1CCN(C(=O)C2CC2)CC1. The normalized spacial score (nSPS) is 19.7. The minimum atomic E-state index is -0.0606. The molecule has 7 heteroatoms. The summed E-state index contributed by atoms with van der Waals surface area (Å²) < 4.78 is 11.0. The van der Waals surface area contributed by atoms with Crippen LogP contribution in [-0.2, 0) is 9.59 Å². The van der Waals surface area contributed by atoms with Gasteiger partial charge in [-0.15, -0.1) is 0 Å². The Kier molecular flexibility index (Phi) is 4.76. The van der Waals surface area contributed by atoms with Crippen LogP contribution in [0.4, 0.5) is 0 Å². The zero-order valence-electron chi connectivity index (χ0n) is 14.4. The molecule has 0 unspecified atom stereocenters. The first-order chi connectivity index (χ1) is 12.6. The summed E-state index contributed by atoms with van der Waals surface area (Å²) >= 11 is 6.22. The van der Waals surface area contributed by atoms with Crippen LogP contribution in [0.15, 0.2) is 18.2 Å². The van der Waals surface area contributed by atoms with Crippen LogP contribution in [0.3, 0.4) is 0 Å². The average molecular weight is 377 g/mol. The van der Waals surface area contributed by atoms with Gasteiger partial charge in [0.15, 0.2) is 11.5 Å². The first-order valence-corrected chi connectivity index (χ1v) is 9.34. The van der Waals surface area contributed by atoms with E-state index in [1.54, 1.807) is 23.1 Å². The molecule has 2 heterocycles. The summed E-state index contributed by atoms with van der Waals surface area (Å²) in [4.78, 5) is 28.1. The fraction of sp³-hybridized carbons (Fsp3) is 0.474. The zero-order chi connectivity index (χ0) is 18.1. The summed E-state index contributed by atoms with van der Waals surface area (Å²) in [6, 6.07) is 3.57. The highest BCUT2D eigenvalue weighted by atomic mass is 35.5. The van der Waals surface area contributed by atoms with Crippen molar-refractivity contribution in [1.29, 1.82) is 0 Å². The molecule has 0 bridgehead atoms. The smallest absolute Gasteiger partial charge is 0.246 e. The molecule has 0 atom stereocenters. The van der Waals surface area contributed by atoms with Crippen molar-refractivity contribution < 1.29 is 19.1 Å². The molecule has 1 aliphatic carbocycles. The van der Waals surface area contributed by atoms with Gasteiger partial charge in [-0.25, -0.2) is 0 Å². The number of nitrogens with zero attached hydrogens (tertiary/aromatic N) is 2. The van der Waals surface area contributed by atoms with E-state index in [2.05, 4.69) is 0 Å². The van der Waals surface area contributed by atoms with Crippen LogP contribution in [0.2, 0.25) is 5.02 Å². The van der Waals surface area contributed by atoms with E-state index in [0.29, 0.717) is 55.9 Å². The largest absolute Gasteiger partial charge is 0.486 e. The van der Waals surface area contributed by atoms with Gasteiger partial charge in [-0.05, 0) is 36.6 Å². The van der Waals surface area contributed by atoms with Gasteiger partial charge in [-0.2, -0.15) is 0 Å². The maximum atomic E-state index is 12.4. The number of ether oxygens (including phenoxy) is 2. The van der Waals surface area contributed by atoms with Gasteiger partial charge in [0.05, 0.1) is 5.02 Å². The van der Waals surface area contributed by atoms with Gasteiger partial charge in [-0.1, -0.05) is 11.6 Å². The average Bonchev–Trinajstić information content (AvgIpc) is 3.51. The predicted molar refractivity (Wildman–Crippen MR) is 97.4 cm³/mol. The Morgan fingerprint density at radius 3 is 2.46 bits per heavy atom. The number of rotatable bonds is 3. The molecule has 0 spiro atoms. The van der Waals surface area contributed by atoms with Gasteiger partial charge >= 0.3 is 0 Å². The fourth-order valence-corrected chi connectivity index (χ4v) is 3.51. The fourth-order valence-electron chi connectivity index (χ4n) is 3.24. The molecule has 138 valence electrons. The van der Waals surface area contributed by atoms with Crippen LogP contribution in [0.5, 0.6) is 11.5 Å². The number of benzene rings is 1. The predicted octanol–water partition coefficient (Wildman–Crippen LogP) is 2.21. The first-order valence-electron chi connectivity index (χ1n) is 8.97. The van der Waals surface area contributed by atoms with Gasteiger partial charge in [0, 0.05) is 38.2 Å². The van der Waals surface area contributed by atoms with E-state index < -0.39 is 0 Å². The van der Waals surface area contributed by atoms with Crippen molar-refractivity contribution in [3.05, 3.63) is 28.8 Å². The Balaban J connectivity index is 1.36. The molecular formula is C19H21ClN2O4. The summed E-state index contributed by atoms with van der Waals surface area (Å²) in [6.45, 7) is 3.34. The molecule has 1 saturated carbocycles. The highest BCUT2D eigenvalue weighted by Crippen LogP contribution is 2.38. The third kappa shape index (κ3) is 3.65. The van der Waals surface area contributed by atoms with Crippen LogP contribution in [0, 0.1) is 5.92 Å². The van der Waals surface area contributed by atoms with Gasteiger partial charge in [-0.3, -0.25) is 9.59 Å². The maximum absolute atomic E-state index is 12.4. The Labute approximate surface area is 157 Å². The molecule has 4 rings (SSSR count). The minimum absolute atomic E-state index is 0.0606. The van der Waals surface area contributed by atoms with Crippen molar-refractivity contribution in [2.75, 3.05) is 39.4 Å². The van der Waals surface area contributed by atoms with E-state index in [-0.39, 0.29) is 17.7 Å². The molecule has 0 radical (unpaired) electrons. The van der Waals surface area contributed by atoms with Crippen molar-refractivity contribution in [3.63, 3.8) is 0 Å². The lowest BCUT2D eigenvalue weighted by Crippen LogP contribution is -2.50. The lowest BCUT2D eigenvalue weighted by atomic mass is 10.1. The molecule has 2 fully saturated rings. The van der Waals surface area contributed by atoms with E-state index in [4.69, 9.17) is 21.1 Å². The number of carbonyl (C=O) groups excluding carboxylic acids is 2. The molecule has 3 aliphatic rings. The molecule has 1 aromatic rings. The number of carbonyl (C=O) groups is 2. The van der Waals surface area contributed by atoms with E-state index in [0.717, 1.165) is 18.4 Å². The lowest BCUT2D eigenvalue weighted by molar-refractivity contribution is -0.138. The maximum Gasteiger partial charge on any atom is 0.246 e. The van der Waals surface area contributed by atoms with Crippen molar-refractivity contribution >= 4 is 29.5 Å². The highest BCUT2D eigenvalue weighted by molar-refractivity contribution is 6.32. The van der Waals surface area contributed by atoms with Crippen LogP contribution in [-0.4, -0.2) is 61.0 Å². The second kappa shape index (κ2) is 7.19. The number of hydrogen-bond acceptors (Lipinski definition) is 4. The zero-order valence-corrected chi connectivity index (χ0v) is 15.2. The van der Waals surface area contributed by atoms with E-state index in [1.807, 2.05) is 11.0 Å². The topological polar surface area (TPSA) is 59.1 Å². The molecule has 0 N–H and O–H groups in total. The van der Waals surface area contributed by atoms with Crippen LogP contribution < -0.4 is 9.47 Å².